The van der Waals surface area contributed by atoms with Crippen LogP contribution in [0.3, 0.4) is 0 Å². The fourth-order valence-electron chi connectivity index (χ4n) is 2.20. The Bertz CT molecular complexity index is 562. The molecule has 0 aliphatic carbocycles. The van der Waals surface area contributed by atoms with Gasteiger partial charge in [-0.1, -0.05) is 12.1 Å². The molecule has 2 aliphatic rings. The number of carbonyl (C=O) groups excluding carboxylic acids is 1. The van der Waals surface area contributed by atoms with Gasteiger partial charge in [-0.25, -0.2) is 0 Å². The first-order chi connectivity index (χ1) is 9.72. The van der Waals surface area contributed by atoms with Gasteiger partial charge in [-0.3, -0.25) is 10.2 Å². The second kappa shape index (κ2) is 5.68. The number of benzene rings is 1. The Morgan fingerprint density at radius 1 is 1.25 bits per heavy atom. The largest absolute Gasteiger partial charge is 0.378 e. The average molecular weight is 289 g/mol. The number of rotatable bonds is 2. The predicted octanol–water partition coefficient (Wildman–Crippen LogP) is 1.66. The topological polar surface area (TPSA) is 65.4 Å². The molecule has 2 N–H and O–H groups in total. The lowest BCUT2D eigenvalue weighted by Gasteiger charge is -2.28. The number of nitrogens with zero attached hydrogens (tertiary/aromatic N) is 1. The van der Waals surface area contributed by atoms with Crippen molar-refractivity contribution in [2.24, 2.45) is 0 Å². The Hall–Kier alpha value is -1.79. The number of anilines is 1. The van der Waals surface area contributed by atoms with E-state index < -0.39 is 0 Å². The lowest BCUT2D eigenvalue weighted by atomic mass is 10.1. The highest BCUT2D eigenvalue weighted by Gasteiger charge is 2.22. The van der Waals surface area contributed by atoms with E-state index in [0.29, 0.717) is 4.91 Å². The molecule has 104 valence electrons. The summed E-state index contributed by atoms with van der Waals surface area (Å²) in [5.41, 5.74) is 2.14. The van der Waals surface area contributed by atoms with E-state index in [1.165, 1.54) is 5.69 Å². The van der Waals surface area contributed by atoms with Crippen LogP contribution < -0.4 is 10.2 Å². The van der Waals surface area contributed by atoms with Crippen LogP contribution in [-0.2, 0) is 9.53 Å². The Morgan fingerprint density at radius 2 is 1.95 bits per heavy atom. The number of amidine groups is 1. The van der Waals surface area contributed by atoms with Crippen molar-refractivity contribution in [3.8, 4) is 0 Å². The van der Waals surface area contributed by atoms with Crippen molar-refractivity contribution < 1.29 is 9.53 Å². The van der Waals surface area contributed by atoms with Crippen molar-refractivity contribution in [2.75, 3.05) is 31.2 Å². The standard InChI is InChI=1S/C14H15N3O2S/c15-14-16-13(18)12(20-14)9-10-1-3-11(4-2-10)17-5-7-19-8-6-17/h1-4,9H,5-8H2,(H2,15,16,18)/b12-9-. The summed E-state index contributed by atoms with van der Waals surface area (Å²) in [6.45, 7) is 3.36. The predicted molar refractivity (Wildman–Crippen MR) is 80.9 cm³/mol. The van der Waals surface area contributed by atoms with E-state index >= 15 is 0 Å². The molecule has 1 aromatic carbocycles. The number of nitrogens with one attached hydrogen (secondary N) is 2. The third-order valence-electron chi connectivity index (χ3n) is 3.23. The molecule has 0 radical (unpaired) electrons. The van der Waals surface area contributed by atoms with Gasteiger partial charge in [-0.2, -0.15) is 0 Å². The lowest BCUT2D eigenvalue weighted by molar-refractivity contribution is -0.115. The fourth-order valence-corrected chi connectivity index (χ4v) is 2.90. The molecule has 6 heteroatoms. The number of amides is 1. The molecule has 0 atom stereocenters. The summed E-state index contributed by atoms with van der Waals surface area (Å²) in [5, 5.41) is 10.1. The van der Waals surface area contributed by atoms with Gasteiger partial charge in [-0.05, 0) is 35.5 Å². The van der Waals surface area contributed by atoms with Crippen molar-refractivity contribution in [2.45, 2.75) is 0 Å². The number of thioether (sulfide) groups is 1. The van der Waals surface area contributed by atoms with Crippen molar-refractivity contribution in [1.29, 1.82) is 5.41 Å². The van der Waals surface area contributed by atoms with E-state index in [1.54, 1.807) is 0 Å². The fraction of sp³-hybridized carbons (Fsp3) is 0.286. The molecule has 2 fully saturated rings. The van der Waals surface area contributed by atoms with E-state index in [1.807, 2.05) is 18.2 Å². The summed E-state index contributed by atoms with van der Waals surface area (Å²) < 4.78 is 5.34. The highest BCUT2D eigenvalue weighted by atomic mass is 32.2. The molecular formula is C14H15N3O2S. The summed E-state index contributed by atoms with van der Waals surface area (Å²) in [6, 6.07) is 8.10. The molecule has 2 saturated heterocycles. The molecule has 2 aliphatic heterocycles. The van der Waals surface area contributed by atoms with Crippen LogP contribution in [0.2, 0.25) is 0 Å². The van der Waals surface area contributed by atoms with Gasteiger partial charge in [-0.15, -0.1) is 0 Å². The SMILES string of the molecule is N=C1NC(=O)/C(=C/c2ccc(N3CCOCC3)cc2)S1. The smallest absolute Gasteiger partial charge is 0.264 e. The van der Waals surface area contributed by atoms with Crippen LogP contribution in [0.5, 0.6) is 0 Å². The van der Waals surface area contributed by atoms with Crippen LogP contribution in [-0.4, -0.2) is 37.4 Å². The highest BCUT2D eigenvalue weighted by molar-refractivity contribution is 8.18. The zero-order valence-electron chi connectivity index (χ0n) is 10.9. The van der Waals surface area contributed by atoms with Crippen LogP contribution in [0.25, 0.3) is 6.08 Å². The maximum Gasteiger partial charge on any atom is 0.264 e. The van der Waals surface area contributed by atoms with Gasteiger partial charge < -0.3 is 15.0 Å². The Labute approximate surface area is 121 Å². The molecule has 0 unspecified atom stereocenters. The minimum atomic E-state index is -0.197. The Balaban J connectivity index is 1.74. The number of carbonyl (C=O) groups is 1. The normalized spacial score (nSPS) is 21.4. The molecule has 0 aromatic heterocycles. The third-order valence-corrected chi connectivity index (χ3v) is 4.06. The molecule has 0 bridgehead atoms. The van der Waals surface area contributed by atoms with Crippen molar-refractivity contribution >= 4 is 34.6 Å². The minimum absolute atomic E-state index is 0.186. The van der Waals surface area contributed by atoms with E-state index in [4.69, 9.17) is 10.1 Å². The van der Waals surface area contributed by atoms with Gasteiger partial charge in [0, 0.05) is 18.8 Å². The number of hydrogen-bond donors (Lipinski definition) is 2. The molecule has 20 heavy (non-hydrogen) atoms. The van der Waals surface area contributed by atoms with E-state index in [0.717, 1.165) is 43.6 Å². The lowest BCUT2D eigenvalue weighted by Crippen LogP contribution is -2.36. The number of ether oxygens (including phenoxy) is 1. The Kier molecular flexibility index (Phi) is 3.75. The van der Waals surface area contributed by atoms with E-state index in [-0.39, 0.29) is 11.1 Å². The highest BCUT2D eigenvalue weighted by Crippen LogP contribution is 2.25. The van der Waals surface area contributed by atoms with Crippen molar-refractivity contribution in [3.05, 3.63) is 34.7 Å². The van der Waals surface area contributed by atoms with Gasteiger partial charge in [0.15, 0.2) is 5.17 Å². The van der Waals surface area contributed by atoms with E-state index in [9.17, 15) is 4.79 Å². The van der Waals surface area contributed by atoms with Gasteiger partial charge in [0.1, 0.15) is 0 Å². The molecule has 1 aromatic rings. The first-order valence-corrected chi connectivity index (χ1v) is 7.26. The minimum Gasteiger partial charge on any atom is -0.378 e. The van der Waals surface area contributed by atoms with Crippen LogP contribution in [0.1, 0.15) is 5.56 Å². The summed E-state index contributed by atoms with van der Waals surface area (Å²) in [7, 11) is 0. The average Bonchev–Trinajstić information content (AvgIpc) is 2.79. The summed E-state index contributed by atoms with van der Waals surface area (Å²) in [4.78, 5) is 14.4. The summed E-state index contributed by atoms with van der Waals surface area (Å²) in [5.74, 6) is -0.197. The van der Waals surface area contributed by atoms with Crippen LogP contribution in [0, 0.1) is 5.41 Å². The maximum atomic E-state index is 11.5. The third kappa shape index (κ3) is 2.86. The van der Waals surface area contributed by atoms with Crippen LogP contribution in [0.15, 0.2) is 29.2 Å². The monoisotopic (exact) mass is 289 g/mol. The first-order valence-electron chi connectivity index (χ1n) is 6.44. The van der Waals surface area contributed by atoms with Crippen molar-refractivity contribution in [1.82, 2.24) is 5.32 Å². The zero-order valence-corrected chi connectivity index (χ0v) is 11.7. The number of hydrogen-bond acceptors (Lipinski definition) is 5. The van der Waals surface area contributed by atoms with Gasteiger partial charge in [0.05, 0.1) is 18.1 Å². The summed E-state index contributed by atoms with van der Waals surface area (Å²) >= 11 is 1.16. The Morgan fingerprint density at radius 3 is 2.55 bits per heavy atom. The molecule has 0 spiro atoms. The van der Waals surface area contributed by atoms with Crippen LogP contribution in [0.4, 0.5) is 5.69 Å². The molecule has 5 nitrogen and oxygen atoms in total. The quantitative estimate of drug-likeness (QED) is 0.813. The second-order valence-corrected chi connectivity index (χ2v) is 5.64. The summed E-state index contributed by atoms with van der Waals surface area (Å²) in [6.07, 6.45) is 1.81. The number of morpholine rings is 1. The van der Waals surface area contributed by atoms with E-state index in [2.05, 4.69) is 22.3 Å². The van der Waals surface area contributed by atoms with Crippen LogP contribution >= 0.6 is 11.8 Å². The molecule has 1 amide bonds. The first kappa shape index (κ1) is 13.2. The van der Waals surface area contributed by atoms with Gasteiger partial charge in [0.25, 0.3) is 5.91 Å². The van der Waals surface area contributed by atoms with Gasteiger partial charge >= 0.3 is 0 Å². The molecule has 3 rings (SSSR count). The molecule has 2 heterocycles. The molecular weight excluding hydrogens is 274 g/mol. The van der Waals surface area contributed by atoms with Crippen molar-refractivity contribution in [3.63, 3.8) is 0 Å². The second-order valence-electron chi connectivity index (χ2n) is 4.58. The van der Waals surface area contributed by atoms with Gasteiger partial charge in [0.2, 0.25) is 0 Å². The maximum absolute atomic E-state index is 11.5. The zero-order chi connectivity index (χ0) is 13.9. The molecule has 0 saturated carbocycles.